The fourth-order valence-corrected chi connectivity index (χ4v) is 3.70. The Kier molecular flexibility index (Phi) is 7.37. The Labute approximate surface area is 187 Å². The van der Waals surface area contributed by atoms with Gasteiger partial charge in [0, 0.05) is 13.7 Å². The van der Waals surface area contributed by atoms with E-state index in [2.05, 4.69) is 0 Å². The third-order valence-electron chi connectivity index (χ3n) is 5.24. The maximum absolute atomic E-state index is 13.1. The molecule has 1 saturated heterocycles. The van der Waals surface area contributed by atoms with Crippen LogP contribution < -0.4 is 14.2 Å². The zero-order valence-corrected chi connectivity index (χ0v) is 18.6. The van der Waals surface area contributed by atoms with Gasteiger partial charge in [-0.2, -0.15) is 0 Å². The standard InChI is InChI=1S/C24H27NO7/c1-5-32-16-8-6-15(7-9-16)21-20(23(27)24(28)25(21)12-13-29-2)22(26)18-14-17(30-3)10-11-19(18)31-4/h6-11,14,21,26H,5,12-13H2,1-4H3/b22-20+. The van der Waals surface area contributed by atoms with Gasteiger partial charge in [-0.05, 0) is 42.8 Å². The van der Waals surface area contributed by atoms with Gasteiger partial charge in [0.05, 0.1) is 44.6 Å². The Balaban J connectivity index is 2.18. The number of Topliss-reactive ketones (excluding diaryl/α,β-unsaturated/α-hetero) is 1. The van der Waals surface area contributed by atoms with Crippen LogP contribution in [0.5, 0.6) is 17.2 Å². The van der Waals surface area contributed by atoms with Gasteiger partial charge < -0.3 is 29.0 Å². The predicted molar refractivity (Wildman–Crippen MR) is 118 cm³/mol. The number of rotatable bonds is 9. The normalized spacial score (nSPS) is 17.5. The first-order chi connectivity index (χ1) is 15.5. The van der Waals surface area contributed by atoms with Crippen LogP contribution in [0.1, 0.15) is 24.1 Å². The Morgan fingerprint density at radius 3 is 2.28 bits per heavy atom. The molecule has 1 aliphatic rings. The molecule has 0 aromatic heterocycles. The molecule has 2 aromatic rings. The number of hydrogen-bond donors (Lipinski definition) is 1. The van der Waals surface area contributed by atoms with Crippen molar-refractivity contribution in [3.05, 3.63) is 59.2 Å². The van der Waals surface area contributed by atoms with Crippen LogP contribution in [0.25, 0.3) is 5.76 Å². The maximum Gasteiger partial charge on any atom is 0.295 e. The Bertz CT molecular complexity index is 1010. The molecule has 8 heteroatoms. The summed E-state index contributed by atoms with van der Waals surface area (Å²) in [6.45, 7) is 2.82. The zero-order valence-electron chi connectivity index (χ0n) is 18.6. The second-order valence-electron chi connectivity index (χ2n) is 7.05. The summed E-state index contributed by atoms with van der Waals surface area (Å²) in [5.41, 5.74) is 0.890. The van der Waals surface area contributed by atoms with Crippen LogP contribution >= 0.6 is 0 Å². The van der Waals surface area contributed by atoms with Crippen molar-refractivity contribution in [2.24, 2.45) is 0 Å². The summed E-state index contributed by atoms with van der Waals surface area (Å²) in [4.78, 5) is 27.3. The van der Waals surface area contributed by atoms with Gasteiger partial charge in [0.1, 0.15) is 23.0 Å². The molecule has 1 heterocycles. The summed E-state index contributed by atoms with van der Waals surface area (Å²) in [6, 6.07) is 11.2. The number of carbonyl (C=O) groups is 2. The molecule has 0 radical (unpaired) electrons. The highest BCUT2D eigenvalue weighted by molar-refractivity contribution is 6.46. The number of nitrogens with zero attached hydrogens (tertiary/aromatic N) is 1. The monoisotopic (exact) mass is 441 g/mol. The van der Waals surface area contributed by atoms with Crippen LogP contribution in [0.3, 0.4) is 0 Å². The summed E-state index contributed by atoms with van der Waals surface area (Å²) >= 11 is 0. The first-order valence-electron chi connectivity index (χ1n) is 10.2. The first kappa shape index (κ1) is 23.1. The molecule has 1 aliphatic heterocycles. The third kappa shape index (κ3) is 4.40. The average Bonchev–Trinajstić information content (AvgIpc) is 3.07. The van der Waals surface area contributed by atoms with Crippen molar-refractivity contribution in [1.82, 2.24) is 4.90 Å². The van der Waals surface area contributed by atoms with Crippen molar-refractivity contribution in [3.8, 4) is 17.2 Å². The van der Waals surface area contributed by atoms with Crippen LogP contribution in [0.4, 0.5) is 0 Å². The van der Waals surface area contributed by atoms with E-state index in [1.807, 2.05) is 6.92 Å². The predicted octanol–water partition coefficient (Wildman–Crippen LogP) is 3.17. The van der Waals surface area contributed by atoms with E-state index in [1.165, 1.54) is 26.2 Å². The number of benzene rings is 2. The number of ketones is 1. The molecule has 0 bridgehead atoms. The number of carbonyl (C=O) groups excluding carboxylic acids is 2. The largest absolute Gasteiger partial charge is 0.507 e. The SMILES string of the molecule is CCOc1ccc(C2/C(=C(\O)c3cc(OC)ccc3OC)C(=O)C(=O)N2CCOC)cc1. The second kappa shape index (κ2) is 10.2. The summed E-state index contributed by atoms with van der Waals surface area (Å²) in [7, 11) is 4.47. The minimum absolute atomic E-state index is 0.0261. The topological polar surface area (TPSA) is 94.5 Å². The highest BCUT2D eigenvalue weighted by Crippen LogP contribution is 2.41. The molecule has 1 amide bonds. The van der Waals surface area contributed by atoms with E-state index < -0.39 is 17.7 Å². The number of methoxy groups -OCH3 is 3. The lowest BCUT2D eigenvalue weighted by atomic mass is 9.95. The van der Waals surface area contributed by atoms with Gasteiger partial charge in [-0.1, -0.05) is 12.1 Å². The number of aliphatic hydroxyl groups is 1. The molecule has 3 rings (SSSR count). The fourth-order valence-electron chi connectivity index (χ4n) is 3.70. The van der Waals surface area contributed by atoms with E-state index in [0.717, 1.165) is 0 Å². The molecule has 0 saturated carbocycles. The van der Waals surface area contributed by atoms with Crippen molar-refractivity contribution in [2.75, 3.05) is 41.1 Å². The molecule has 32 heavy (non-hydrogen) atoms. The number of ether oxygens (including phenoxy) is 4. The van der Waals surface area contributed by atoms with Crippen LogP contribution in [-0.2, 0) is 14.3 Å². The highest BCUT2D eigenvalue weighted by Gasteiger charge is 2.46. The van der Waals surface area contributed by atoms with E-state index in [9.17, 15) is 14.7 Å². The highest BCUT2D eigenvalue weighted by atomic mass is 16.5. The van der Waals surface area contributed by atoms with Gasteiger partial charge in [-0.3, -0.25) is 9.59 Å². The molecule has 8 nitrogen and oxygen atoms in total. The molecule has 1 unspecified atom stereocenters. The number of aliphatic hydroxyl groups excluding tert-OH is 1. The lowest BCUT2D eigenvalue weighted by Gasteiger charge is -2.25. The third-order valence-corrected chi connectivity index (χ3v) is 5.24. The second-order valence-corrected chi connectivity index (χ2v) is 7.05. The first-order valence-corrected chi connectivity index (χ1v) is 10.2. The van der Waals surface area contributed by atoms with Gasteiger partial charge in [-0.25, -0.2) is 0 Å². The summed E-state index contributed by atoms with van der Waals surface area (Å²) in [6.07, 6.45) is 0. The molecule has 1 N–H and O–H groups in total. The van der Waals surface area contributed by atoms with Crippen LogP contribution in [0.2, 0.25) is 0 Å². The van der Waals surface area contributed by atoms with Gasteiger partial charge >= 0.3 is 0 Å². The number of amides is 1. The molecule has 1 fully saturated rings. The van der Waals surface area contributed by atoms with Crippen LogP contribution in [-0.4, -0.2) is 62.8 Å². The van der Waals surface area contributed by atoms with E-state index >= 15 is 0 Å². The molecule has 1 atom stereocenters. The van der Waals surface area contributed by atoms with E-state index in [0.29, 0.717) is 29.4 Å². The van der Waals surface area contributed by atoms with E-state index in [1.54, 1.807) is 42.5 Å². The minimum Gasteiger partial charge on any atom is -0.507 e. The molecular weight excluding hydrogens is 414 g/mol. The zero-order chi connectivity index (χ0) is 23.3. The van der Waals surface area contributed by atoms with Gasteiger partial charge in [0.25, 0.3) is 11.7 Å². The van der Waals surface area contributed by atoms with Crippen molar-refractivity contribution >= 4 is 17.4 Å². The van der Waals surface area contributed by atoms with Crippen molar-refractivity contribution in [3.63, 3.8) is 0 Å². The number of likely N-dealkylation sites (tertiary alicyclic amines) is 1. The Hall–Kier alpha value is -3.52. The van der Waals surface area contributed by atoms with Gasteiger partial charge in [0.15, 0.2) is 0 Å². The smallest absolute Gasteiger partial charge is 0.295 e. The summed E-state index contributed by atoms with van der Waals surface area (Å²) in [5.74, 6) is -0.334. The molecule has 0 spiro atoms. The molecule has 170 valence electrons. The molecule has 0 aliphatic carbocycles. The number of hydrogen-bond acceptors (Lipinski definition) is 7. The van der Waals surface area contributed by atoms with Gasteiger partial charge in [0.2, 0.25) is 0 Å². The Morgan fingerprint density at radius 1 is 1.00 bits per heavy atom. The maximum atomic E-state index is 13.1. The van der Waals surface area contributed by atoms with Crippen molar-refractivity contribution in [1.29, 1.82) is 0 Å². The van der Waals surface area contributed by atoms with Crippen molar-refractivity contribution < 1.29 is 33.6 Å². The van der Waals surface area contributed by atoms with Crippen LogP contribution in [0, 0.1) is 0 Å². The fraction of sp³-hybridized carbons (Fsp3) is 0.333. The molecule has 2 aromatic carbocycles. The Morgan fingerprint density at radius 2 is 1.69 bits per heavy atom. The van der Waals surface area contributed by atoms with Gasteiger partial charge in [-0.15, -0.1) is 0 Å². The quantitative estimate of drug-likeness (QED) is 0.363. The average molecular weight is 441 g/mol. The lowest BCUT2D eigenvalue weighted by molar-refractivity contribution is -0.140. The summed E-state index contributed by atoms with van der Waals surface area (Å²) < 4.78 is 21.2. The van der Waals surface area contributed by atoms with E-state index in [-0.39, 0.29) is 30.0 Å². The lowest BCUT2D eigenvalue weighted by Crippen LogP contribution is -2.32. The van der Waals surface area contributed by atoms with Crippen LogP contribution in [0.15, 0.2) is 48.0 Å². The molecular formula is C24H27NO7. The van der Waals surface area contributed by atoms with Crippen molar-refractivity contribution in [2.45, 2.75) is 13.0 Å². The van der Waals surface area contributed by atoms with E-state index in [4.69, 9.17) is 18.9 Å². The minimum atomic E-state index is -0.795. The summed E-state index contributed by atoms with van der Waals surface area (Å²) in [5, 5.41) is 11.2.